The molecule has 0 amide bonds. The van der Waals surface area contributed by atoms with Gasteiger partial charge in [0, 0.05) is 27.8 Å². The molecule has 1 rings (SSSR count). The van der Waals surface area contributed by atoms with Crippen LogP contribution in [-0.2, 0) is 6.54 Å². The molecular formula is C11H16BrNOS. The molecule has 3 N–H and O–H groups in total. The Morgan fingerprint density at radius 3 is 2.87 bits per heavy atom. The van der Waals surface area contributed by atoms with E-state index in [-0.39, 0.29) is 6.61 Å². The quantitative estimate of drug-likeness (QED) is 0.820. The first kappa shape index (κ1) is 13.0. The molecule has 0 aromatic heterocycles. The van der Waals surface area contributed by atoms with Gasteiger partial charge >= 0.3 is 0 Å². The van der Waals surface area contributed by atoms with Crippen LogP contribution in [0.25, 0.3) is 0 Å². The fourth-order valence-corrected chi connectivity index (χ4v) is 2.93. The van der Waals surface area contributed by atoms with Gasteiger partial charge in [0.15, 0.2) is 0 Å². The fraction of sp³-hybridized carbons (Fsp3) is 0.455. The van der Waals surface area contributed by atoms with Gasteiger partial charge in [0.1, 0.15) is 0 Å². The minimum absolute atomic E-state index is 0.236. The molecule has 2 nitrogen and oxygen atoms in total. The van der Waals surface area contributed by atoms with E-state index in [1.54, 1.807) is 11.8 Å². The average molecular weight is 290 g/mol. The van der Waals surface area contributed by atoms with Gasteiger partial charge in [0.2, 0.25) is 0 Å². The maximum atomic E-state index is 8.85. The fourth-order valence-electron chi connectivity index (χ4n) is 1.26. The second-order valence-electron chi connectivity index (χ2n) is 3.40. The van der Waals surface area contributed by atoms with Gasteiger partial charge in [0.05, 0.1) is 0 Å². The number of aliphatic hydroxyl groups is 1. The minimum atomic E-state index is 0.236. The Labute approximate surface area is 103 Å². The van der Waals surface area contributed by atoms with Crippen molar-refractivity contribution in [1.29, 1.82) is 0 Å². The van der Waals surface area contributed by atoms with E-state index in [0.717, 1.165) is 16.5 Å². The van der Waals surface area contributed by atoms with Gasteiger partial charge in [-0.1, -0.05) is 28.9 Å². The smallest absolute Gasteiger partial charge is 0.0441 e. The lowest BCUT2D eigenvalue weighted by atomic mass is 10.2. The molecule has 0 saturated heterocycles. The van der Waals surface area contributed by atoms with E-state index in [1.807, 2.05) is 12.1 Å². The van der Waals surface area contributed by atoms with E-state index in [9.17, 15) is 0 Å². The van der Waals surface area contributed by atoms with Crippen LogP contribution < -0.4 is 5.73 Å². The van der Waals surface area contributed by atoms with Crippen molar-refractivity contribution in [3.8, 4) is 0 Å². The standard InChI is InChI=1S/C11H16BrNOS/c1-8(4-5-14)15-11-6-10(12)3-2-9(11)7-13/h2-3,6,8,14H,4-5,7,13H2,1H3. The molecule has 1 aromatic rings. The third kappa shape index (κ3) is 4.15. The Hall–Kier alpha value is -0.0300. The van der Waals surface area contributed by atoms with Crippen LogP contribution in [0.2, 0.25) is 0 Å². The lowest BCUT2D eigenvalue weighted by molar-refractivity contribution is 0.289. The number of nitrogens with two attached hydrogens (primary N) is 1. The Morgan fingerprint density at radius 2 is 2.27 bits per heavy atom. The van der Waals surface area contributed by atoms with Crippen LogP contribution in [0.3, 0.4) is 0 Å². The van der Waals surface area contributed by atoms with Crippen molar-refractivity contribution >= 4 is 27.7 Å². The predicted molar refractivity (Wildman–Crippen MR) is 69.1 cm³/mol. The number of hydrogen-bond acceptors (Lipinski definition) is 3. The number of rotatable bonds is 5. The summed E-state index contributed by atoms with van der Waals surface area (Å²) in [5.74, 6) is 0. The lowest BCUT2D eigenvalue weighted by Crippen LogP contribution is -2.03. The summed E-state index contributed by atoms with van der Waals surface area (Å²) in [6.45, 7) is 2.91. The van der Waals surface area contributed by atoms with Crippen LogP contribution in [0.4, 0.5) is 0 Å². The highest BCUT2D eigenvalue weighted by atomic mass is 79.9. The molecule has 0 heterocycles. The number of thioether (sulfide) groups is 1. The Morgan fingerprint density at radius 1 is 1.53 bits per heavy atom. The van der Waals surface area contributed by atoms with Crippen molar-refractivity contribution in [3.63, 3.8) is 0 Å². The topological polar surface area (TPSA) is 46.2 Å². The molecule has 0 aliphatic rings. The number of benzene rings is 1. The summed E-state index contributed by atoms with van der Waals surface area (Å²) in [7, 11) is 0. The minimum Gasteiger partial charge on any atom is -0.396 e. The Balaban J connectivity index is 2.77. The van der Waals surface area contributed by atoms with Crippen molar-refractivity contribution in [2.24, 2.45) is 5.73 Å². The van der Waals surface area contributed by atoms with Crippen molar-refractivity contribution in [2.75, 3.05) is 6.61 Å². The molecule has 84 valence electrons. The average Bonchev–Trinajstić information content (AvgIpc) is 2.18. The highest BCUT2D eigenvalue weighted by molar-refractivity contribution is 9.10. The molecule has 0 aliphatic carbocycles. The van der Waals surface area contributed by atoms with E-state index in [1.165, 1.54) is 4.90 Å². The molecule has 0 saturated carbocycles. The lowest BCUT2D eigenvalue weighted by Gasteiger charge is -2.13. The summed E-state index contributed by atoms with van der Waals surface area (Å²) in [5, 5.41) is 9.26. The Bertz CT molecular complexity index is 319. The van der Waals surface area contributed by atoms with Crippen LogP contribution in [0.15, 0.2) is 27.6 Å². The highest BCUT2D eigenvalue weighted by Gasteiger charge is 2.07. The van der Waals surface area contributed by atoms with E-state index in [0.29, 0.717) is 11.8 Å². The summed E-state index contributed by atoms with van der Waals surface area (Å²) >= 11 is 5.21. The maximum absolute atomic E-state index is 8.85. The first-order chi connectivity index (χ1) is 7.17. The third-order valence-corrected chi connectivity index (χ3v) is 3.88. The van der Waals surface area contributed by atoms with Gasteiger partial charge in [-0.15, -0.1) is 11.8 Å². The maximum Gasteiger partial charge on any atom is 0.0441 e. The summed E-state index contributed by atoms with van der Waals surface area (Å²) in [4.78, 5) is 1.20. The predicted octanol–water partition coefficient (Wildman–Crippen LogP) is 2.77. The van der Waals surface area contributed by atoms with Crippen molar-refractivity contribution in [3.05, 3.63) is 28.2 Å². The first-order valence-corrected chi connectivity index (χ1v) is 6.60. The summed E-state index contributed by atoms with van der Waals surface area (Å²) in [5.41, 5.74) is 6.83. The Kier molecular flexibility index (Phi) is 5.68. The zero-order valence-corrected chi connectivity index (χ0v) is 11.1. The van der Waals surface area contributed by atoms with Crippen LogP contribution in [0, 0.1) is 0 Å². The van der Waals surface area contributed by atoms with E-state index >= 15 is 0 Å². The summed E-state index contributed by atoms with van der Waals surface area (Å²) < 4.78 is 1.07. The number of hydrogen-bond donors (Lipinski definition) is 2. The van der Waals surface area contributed by atoms with Crippen molar-refractivity contribution in [2.45, 2.75) is 30.0 Å². The molecule has 0 aliphatic heterocycles. The molecule has 0 spiro atoms. The summed E-state index contributed by atoms with van der Waals surface area (Å²) in [6, 6.07) is 6.13. The van der Waals surface area contributed by atoms with E-state index < -0.39 is 0 Å². The molecule has 15 heavy (non-hydrogen) atoms. The molecule has 4 heteroatoms. The number of halogens is 1. The zero-order chi connectivity index (χ0) is 11.3. The molecule has 0 fully saturated rings. The zero-order valence-electron chi connectivity index (χ0n) is 8.74. The van der Waals surface area contributed by atoms with Gasteiger partial charge in [-0.05, 0) is 24.1 Å². The molecule has 1 unspecified atom stereocenters. The monoisotopic (exact) mass is 289 g/mol. The van der Waals surface area contributed by atoms with E-state index in [4.69, 9.17) is 10.8 Å². The van der Waals surface area contributed by atoms with Gasteiger partial charge < -0.3 is 10.8 Å². The largest absolute Gasteiger partial charge is 0.396 e. The molecule has 0 bridgehead atoms. The highest BCUT2D eigenvalue weighted by Crippen LogP contribution is 2.30. The van der Waals surface area contributed by atoms with Crippen LogP contribution in [0.5, 0.6) is 0 Å². The third-order valence-electron chi connectivity index (χ3n) is 2.11. The van der Waals surface area contributed by atoms with Gasteiger partial charge in [-0.25, -0.2) is 0 Å². The second kappa shape index (κ2) is 6.53. The van der Waals surface area contributed by atoms with Crippen molar-refractivity contribution in [1.82, 2.24) is 0 Å². The first-order valence-electron chi connectivity index (χ1n) is 4.93. The van der Waals surface area contributed by atoms with Crippen molar-refractivity contribution < 1.29 is 5.11 Å². The van der Waals surface area contributed by atoms with Gasteiger partial charge in [-0.3, -0.25) is 0 Å². The second-order valence-corrected chi connectivity index (χ2v) is 5.79. The SMILES string of the molecule is CC(CCO)Sc1cc(Br)ccc1CN. The summed E-state index contributed by atoms with van der Waals surface area (Å²) in [6.07, 6.45) is 0.807. The van der Waals surface area contributed by atoms with Gasteiger partial charge in [-0.2, -0.15) is 0 Å². The molecule has 1 aromatic carbocycles. The van der Waals surface area contributed by atoms with Crippen LogP contribution in [-0.4, -0.2) is 17.0 Å². The normalized spacial score (nSPS) is 12.8. The number of aliphatic hydroxyl groups excluding tert-OH is 1. The molecule has 1 atom stereocenters. The van der Waals surface area contributed by atoms with Crippen LogP contribution >= 0.6 is 27.7 Å². The van der Waals surface area contributed by atoms with Gasteiger partial charge in [0.25, 0.3) is 0 Å². The van der Waals surface area contributed by atoms with Crippen LogP contribution in [0.1, 0.15) is 18.9 Å². The molecular weight excluding hydrogens is 274 g/mol. The molecule has 0 radical (unpaired) electrons. The van der Waals surface area contributed by atoms with E-state index in [2.05, 4.69) is 28.9 Å².